The number of para-hydroxylation sites is 1. The molecule has 2 heterocycles. The van der Waals surface area contributed by atoms with Gasteiger partial charge in [0.15, 0.2) is 0 Å². The molecule has 0 saturated heterocycles. The van der Waals surface area contributed by atoms with E-state index in [1.165, 1.54) is 24.0 Å². The van der Waals surface area contributed by atoms with Gasteiger partial charge >= 0.3 is 12.1 Å². The molecule has 1 saturated carbocycles. The number of benzene rings is 2. The minimum Gasteiger partial charge on any atom is -0.478 e. The third kappa shape index (κ3) is 3.66. The van der Waals surface area contributed by atoms with E-state index in [2.05, 4.69) is 4.57 Å². The van der Waals surface area contributed by atoms with E-state index in [4.69, 9.17) is 4.74 Å². The van der Waals surface area contributed by atoms with Crippen LogP contribution in [0.5, 0.6) is 0 Å². The van der Waals surface area contributed by atoms with Crippen molar-refractivity contribution < 1.29 is 24.5 Å². The fourth-order valence-corrected chi connectivity index (χ4v) is 5.56. The normalized spacial score (nSPS) is 18.8. The minimum atomic E-state index is -0.977. The second-order valence-corrected chi connectivity index (χ2v) is 9.00. The first-order chi connectivity index (χ1) is 16.0. The van der Waals surface area contributed by atoms with Gasteiger partial charge in [0.1, 0.15) is 0 Å². The Kier molecular flexibility index (Phi) is 5.58. The number of carboxylic acids is 1. The van der Waals surface area contributed by atoms with Crippen LogP contribution in [0.25, 0.3) is 22.2 Å². The summed E-state index contributed by atoms with van der Waals surface area (Å²) in [7, 11) is 1.34. The van der Waals surface area contributed by atoms with Crippen molar-refractivity contribution in [3.05, 3.63) is 53.6 Å². The standard InChI is InChI=1S/C26H28N2O5/c1-33-26(32)28-15-18(29)14-27-22-13-17(25(30)31)11-12-19(22)23(16-7-3-2-4-8-16)24(27)20-9-5-6-10-21(20)28/h5-6,9-13,16,18,29H,2-4,7-8,14-15H2,1H3,(H,30,31). The minimum absolute atomic E-state index is 0.0835. The highest BCUT2D eigenvalue weighted by Crippen LogP contribution is 2.47. The maximum atomic E-state index is 12.7. The lowest BCUT2D eigenvalue weighted by molar-refractivity contribution is 0.0697. The van der Waals surface area contributed by atoms with Gasteiger partial charge in [0, 0.05) is 16.5 Å². The number of anilines is 1. The first kappa shape index (κ1) is 21.5. The smallest absolute Gasteiger partial charge is 0.414 e. The lowest BCUT2D eigenvalue weighted by atomic mass is 9.81. The van der Waals surface area contributed by atoms with Crippen molar-refractivity contribution in [1.82, 2.24) is 4.57 Å². The van der Waals surface area contributed by atoms with Crippen molar-refractivity contribution in [2.45, 2.75) is 50.7 Å². The van der Waals surface area contributed by atoms with Crippen LogP contribution in [0.15, 0.2) is 42.5 Å². The number of hydrogen-bond donors (Lipinski definition) is 2. The van der Waals surface area contributed by atoms with Crippen LogP contribution in [0.4, 0.5) is 10.5 Å². The molecule has 5 rings (SSSR count). The lowest BCUT2D eigenvalue weighted by Crippen LogP contribution is -2.40. The van der Waals surface area contributed by atoms with Gasteiger partial charge in [-0.1, -0.05) is 43.5 Å². The highest BCUT2D eigenvalue weighted by molar-refractivity contribution is 6.01. The summed E-state index contributed by atoms with van der Waals surface area (Å²) in [5, 5.41) is 21.6. The van der Waals surface area contributed by atoms with Crippen molar-refractivity contribution in [2.24, 2.45) is 0 Å². The Bertz CT molecular complexity index is 1220. The number of nitrogens with zero attached hydrogens (tertiary/aromatic N) is 2. The summed E-state index contributed by atoms with van der Waals surface area (Å²) in [5.41, 5.74) is 4.76. The van der Waals surface area contributed by atoms with Crippen LogP contribution in [0.3, 0.4) is 0 Å². The SMILES string of the molecule is COC(=O)N1CC(O)Cn2c(c(C3CCCCC3)c3ccc(C(=O)O)cc32)-c2ccccc21. The highest BCUT2D eigenvalue weighted by Gasteiger charge is 2.33. The van der Waals surface area contributed by atoms with Crippen molar-refractivity contribution in [3.63, 3.8) is 0 Å². The molecule has 0 bridgehead atoms. The molecule has 1 amide bonds. The van der Waals surface area contributed by atoms with Crippen LogP contribution >= 0.6 is 0 Å². The van der Waals surface area contributed by atoms with Crippen LogP contribution in [0.1, 0.15) is 53.9 Å². The van der Waals surface area contributed by atoms with Gasteiger partial charge in [-0.2, -0.15) is 0 Å². The highest BCUT2D eigenvalue weighted by atomic mass is 16.5. The Hall–Kier alpha value is -3.32. The number of carbonyl (C=O) groups excluding carboxylic acids is 1. The van der Waals surface area contributed by atoms with E-state index in [-0.39, 0.29) is 18.7 Å². The number of rotatable bonds is 2. The molecule has 2 aliphatic rings. The third-order valence-electron chi connectivity index (χ3n) is 7.00. The van der Waals surface area contributed by atoms with Crippen LogP contribution in [-0.2, 0) is 11.3 Å². The number of aromatic carboxylic acids is 1. The number of hydrogen-bond acceptors (Lipinski definition) is 4. The lowest BCUT2D eigenvalue weighted by Gasteiger charge is -2.31. The van der Waals surface area contributed by atoms with Crippen LogP contribution in [0, 0.1) is 0 Å². The average molecular weight is 449 g/mol. The van der Waals surface area contributed by atoms with Crippen molar-refractivity contribution in [3.8, 4) is 11.3 Å². The van der Waals surface area contributed by atoms with Crippen molar-refractivity contribution >= 4 is 28.7 Å². The first-order valence-electron chi connectivity index (χ1n) is 11.5. The molecule has 2 N–H and O–H groups in total. The zero-order chi connectivity index (χ0) is 23.1. The second kappa shape index (κ2) is 8.56. The number of carboxylic acid groups (broad SMARTS) is 1. The number of aromatic nitrogens is 1. The van der Waals surface area contributed by atoms with Gasteiger partial charge in [0.25, 0.3) is 0 Å². The van der Waals surface area contributed by atoms with Gasteiger partial charge in [0.2, 0.25) is 0 Å². The Balaban J connectivity index is 1.85. The number of fused-ring (bicyclic) bond motifs is 5. The third-order valence-corrected chi connectivity index (χ3v) is 7.00. The van der Waals surface area contributed by atoms with E-state index in [1.54, 1.807) is 12.1 Å². The Morgan fingerprint density at radius 3 is 2.52 bits per heavy atom. The zero-order valence-electron chi connectivity index (χ0n) is 18.7. The number of aliphatic hydroxyl groups excluding tert-OH is 1. The summed E-state index contributed by atoms with van der Waals surface area (Å²) in [5.74, 6) is -0.639. The van der Waals surface area contributed by atoms with E-state index < -0.39 is 18.2 Å². The van der Waals surface area contributed by atoms with Gasteiger partial charge in [-0.25, -0.2) is 9.59 Å². The number of carbonyl (C=O) groups is 2. The fraction of sp³-hybridized carbons (Fsp3) is 0.385. The number of β-amino-alcohol motifs (C(OH)–C–C–N with tert-alkyl or cyclic N) is 1. The van der Waals surface area contributed by atoms with E-state index in [0.717, 1.165) is 47.8 Å². The summed E-state index contributed by atoms with van der Waals surface area (Å²) in [6, 6.07) is 13.0. The predicted molar refractivity (Wildman–Crippen MR) is 126 cm³/mol. The molecule has 1 aliphatic heterocycles. The summed E-state index contributed by atoms with van der Waals surface area (Å²) >= 11 is 0. The Morgan fingerprint density at radius 1 is 1.03 bits per heavy atom. The van der Waals surface area contributed by atoms with Gasteiger partial charge in [0.05, 0.1) is 43.2 Å². The molecule has 1 fully saturated rings. The van der Waals surface area contributed by atoms with Crippen LogP contribution < -0.4 is 4.90 Å². The molecule has 1 aromatic heterocycles. The molecular formula is C26H28N2O5. The maximum absolute atomic E-state index is 12.7. The average Bonchev–Trinajstić information content (AvgIpc) is 3.14. The summed E-state index contributed by atoms with van der Waals surface area (Å²) in [4.78, 5) is 25.9. The van der Waals surface area contributed by atoms with Gasteiger partial charge in [-0.3, -0.25) is 4.90 Å². The maximum Gasteiger partial charge on any atom is 0.414 e. The zero-order valence-corrected chi connectivity index (χ0v) is 18.7. The molecule has 1 aliphatic carbocycles. The quantitative estimate of drug-likeness (QED) is 0.576. The number of aliphatic hydroxyl groups is 1. The van der Waals surface area contributed by atoms with E-state index >= 15 is 0 Å². The molecule has 7 heteroatoms. The van der Waals surface area contributed by atoms with Crippen molar-refractivity contribution in [1.29, 1.82) is 0 Å². The molecule has 7 nitrogen and oxygen atoms in total. The van der Waals surface area contributed by atoms with E-state index in [1.807, 2.05) is 30.3 Å². The summed E-state index contributed by atoms with van der Waals surface area (Å²) < 4.78 is 7.09. The molecular weight excluding hydrogens is 420 g/mol. The molecule has 0 radical (unpaired) electrons. The molecule has 1 unspecified atom stereocenters. The van der Waals surface area contributed by atoms with Gasteiger partial charge < -0.3 is 19.5 Å². The second-order valence-electron chi connectivity index (χ2n) is 9.00. The largest absolute Gasteiger partial charge is 0.478 e. The summed E-state index contributed by atoms with van der Waals surface area (Å²) in [6.07, 6.45) is 4.30. The number of ether oxygens (including phenoxy) is 1. The monoisotopic (exact) mass is 448 g/mol. The first-order valence-corrected chi connectivity index (χ1v) is 11.5. The number of amides is 1. The molecule has 172 valence electrons. The fourth-order valence-electron chi connectivity index (χ4n) is 5.56. The topological polar surface area (TPSA) is 92.0 Å². The Labute approximate surface area is 192 Å². The molecule has 3 aromatic rings. The summed E-state index contributed by atoms with van der Waals surface area (Å²) in [6.45, 7) is 0.337. The van der Waals surface area contributed by atoms with Gasteiger partial charge in [-0.05, 0) is 42.5 Å². The molecule has 1 atom stereocenters. The van der Waals surface area contributed by atoms with Crippen LogP contribution in [0.2, 0.25) is 0 Å². The molecule has 33 heavy (non-hydrogen) atoms. The number of methoxy groups -OCH3 is 1. The molecule has 0 spiro atoms. The Morgan fingerprint density at radius 2 is 1.79 bits per heavy atom. The van der Waals surface area contributed by atoms with Crippen LogP contribution in [-0.4, -0.2) is 46.6 Å². The van der Waals surface area contributed by atoms with E-state index in [9.17, 15) is 19.8 Å². The van der Waals surface area contributed by atoms with Crippen molar-refractivity contribution in [2.75, 3.05) is 18.6 Å². The van der Waals surface area contributed by atoms with E-state index in [0.29, 0.717) is 11.6 Å². The predicted octanol–water partition coefficient (Wildman–Crippen LogP) is 5.00. The molecule has 2 aromatic carbocycles. The van der Waals surface area contributed by atoms with Gasteiger partial charge in [-0.15, -0.1) is 0 Å².